The van der Waals surface area contributed by atoms with Crippen LogP contribution < -0.4 is 5.32 Å². The molecule has 1 rings (SSSR count). The lowest BCUT2D eigenvalue weighted by molar-refractivity contribution is -0.138. The molecule has 0 bridgehead atoms. The second-order valence-corrected chi connectivity index (χ2v) is 6.14. The Morgan fingerprint density at radius 3 is 2.50 bits per heavy atom. The summed E-state index contributed by atoms with van der Waals surface area (Å²) in [4.78, 5) is 24.6. The molecule has 0 aliphatic carbocycles. The maximum atomic E-state index is 12.4. The smallest absolute Gasteiger partial charge is 0.338 e. The SMILES string of the molecule is CCOCCCNC(=O)[C@H](OC(=O)c1ccccc1)C(C)(C)CO. The third-order valence-electron chi connectivity index (χ3n) is 3.56. The molecule has 0 unspecified atom stereocenters. The molecular formula is C18H27NO5. The lowest BCUT2D eigenvalue weighted by Crippen LogP contribution is -2.48. The van der Waals surface area contributed by atoms with Gasteiger partial charge in [0.05, 0.1) is 12.2 Å². The number of amides is 1. The third kappa shape index (κ3) is 6.29. The van der Waals surface area contributed by atoms with Crippen LogP contribution in [0.1, 0.15) is 37.6 Å². The molecule has 1 aromatic carbocycles. The molecule has 0 fully saturated rings. The highest BCUT2D eigenvalue weighted by atomic mass is 16.5. The maximum Gasteiger partial charge on any atom is 0.338 e. The zero-order valence-electron chi connectivity index (χ0n) is 14.6. The molecule has 0 aliphatic heterocycles. The van der Waals surface area contributed by atoms with Gasteiger partial charge in [-0.3, -0.25) is 4.79 Å². The standard InChI is InChI=1S/C18H27NO5/c1-4-23-12-8-11-19-16(21)15(18(2,3)13-20)24-17(22)14-9-6-5-7-10-14/h5-7,9-10,15,20H,4,8,11-13H2,1-3H3,(H,19,21)/t15-/m0/s1. The van der Waals surface area contributed by atoms with E-state index in [1.165, 1.54) is 0 Å². The Balaban J connectivity index is 2.70. The maximum absolute atomic E-state index is 12.4. The van der Waals surface area contributed by atoms with Crippen molar-refractivity contribution in [1.82, 2.24) is 5.32 Å². The molecule has 0 saturated carbocycles. The van der Waals surface area contributed by atoms with Crippen LogP contribution in [-0.4, -0.2) is 49.5 Å². The number of rotatable bonds is 10. The molecule has 0 radical (unpaired) electrons. The van der Waals surface area contributed by atoms with Gasteiger partial charge in [0.25, 0.3) is 5.91 Å². The van der Waals surface area contributed by atoms with E-state index < -0.39 is 23.4 Å². The molecule has 0 aromatic heterocycles. The van der Waals surface area contributed by atoms with Gasteiger partial charge in [-0.05, 0) is 25.5 Å². The number of aliphatic hydroxyl groups excluding tert-OH is 1. The van der Waals surface area contributed by atoms with E-state index in [2.05, 4.69) is 5.32 Å². The summed E-state index contributed by atoms with van der Waals surface area (Å²) in [7, 11) is 0. The van der Waals surface area contributed by atoms with Crippen molar-refractivity contribution >= 4 is 11.9 Å². The second kappa shape index (κ2) is 10.1. The number of ether oxygens (including phenoxy) is 2. The third-order valence-corrected chi connectivity index (χ3v) is 3.56. The zero-order valence-corrected chi connectivity index (χ0v) is 14.6. The Labute approximate surface area is 143 Å². The van der Waals surface area contributed by atoms with E-state index in [0.29, 0.717) is 31.7 Å². The normalized spacial score (nSPS) is 12.5. The van der Waals surface area contributed by atoms with E-state index in [4.69, 9.17) is 9.47 Å². The van der Waals surface area contributed by atoms with Gasteiger partial charge in [-0.15, -0.1) is 0 Å². The molecule has 1 atom stereocenters. The van der Waals surface area contributed by atoms with Crippen LogP contribution in [0.3, 0.4) is 0 Å². The summed E-state index contributed by atoms with van der Waals surface area (Å²) in [6.07, 6.45) is -0.416. The summed E-state index contributed by atoms with van der Waals surface area (Å²) >= 11 is 0. The molecule has 0 heterocycles. The molecule has 2 N–H and O–H groups in total. The van der Waals surface area contributed by atoms with E-state index >= 15 is 0 Å². The summed E-state index contributed by atoms with van der Waals surface area (Å²) in [6.45, 7) is 6.57. The lowest BCUT2D eigenvalue weighted by atomic mass is 9.86. The number of carbonyl (C=O) groups excluding carboxylic acids is 2. The Morgan fingerprint density at radius 2 is 1.92 bits per heavy atom. The van der Waals surface area contributed by atoms with Crippen molar-refractivity contribution in [1.29, 1.82) is 0 Å². The summed E-state index contributed by atoms with van der Waals surface area (Å²) in [5, 5.41) is 12.3. The Bertz CT molecular complexity index is 515. The highest BCUT2D eigenvalue weighted by molar-refractivity contribution is 5.92. The van der Waals surface area contributed by atoms with E-state index in [1.54, 1.807) is 44.2 Å². The molecule has 0 saturated heterocycles. The minimum absolute atomic E-state index is 0.286. The van der Waals surface area contributed by atoms with Crippen LogP contribution in [0.25, 0.3) is 0 Å². The van der Waals surface area contributed by atoms with Gasteiger partial charge < -0.3 is 19.9 Å². The van der Waals surface area contributed by atoms with Crippen LogP contribution in [0.5, 0.6) is 0 Å². The number of hydrogen-bond acceptors (Lipinski definition) is 5. The fourth-order valence-corrected chi connectivity index (χ4v) is 2.02. The number of esters is 1. The molecule has 134 valence electrons. The first-order chi connectivity index (χ1) is 11.4. The van der Waals surface area contributed by atoms with E-state index in [-0.39, 0.29) is 6.61 Å². The average molecular weight is 337 g/mol. The predicted molar refractivity (Wildman–Crippen MR) is 90.6 cm³/mol. The molecule has 1 amide bonds. The Hall–Kier alpha value is -1.92. The molecule has 1 aromatic rings. The van der Waals surface area contributed by atoms with Crippen LogP contribution in [-0.2, 0) is 14.3 Å². The van der Waals surface area contributed by atoms with Crippen LogP contribution >= 0.6 is 0 Å². The van der Waals surface area contributed by atoms with Crippen LogP contribution in [0.15, 0.2) is 30.3 Å². The monoisotopic (exact) mass is 337 g/mol. The molecule has 24 heavy (non-hydrogen) atoms. The summed E-state index contributed by atoms with van der Waals surface area (Å²) in [5.41, 5.74) is -0.533. The molecule has 6 nitrogen and oxygen atoms in total. The van der Waals surface area contributed by atoms with E-state index in [9.17, 15) is 14.7 Å². The van der Waals surface area contributed by atoms with Crippen LogP contribution in [0, 0.1) is 5.41 Å². The van der Waals surface area contributed by atoms with E-state index in [1.807, 2.05) is 6.92 Å². The molecule has 6 heteroatoms. The fraction of sp³-hybridized carbons (Fsp3) is 0.556. The first-order valence-electron chi connectivity index (χ1n) is 8.14. The van der Waals surface area contributed by atoms with Gasteiger partial charge in [0, 0.05) is 25.2 Å². The van der Waals surface area contributed by atoms with Crippen molar-refractivity contribution in [2.45, 2.75) is 33.3 Å². The van der Waals surface area contributed by atoms with Gasteiger partial charge in [-0.2, -0.15) is 0 Å². The number of carbonyl (C=O) groups is 2. The van der Waals surface area contributed by atoms with Crippen LogP contribution in [0.4, 0.5) is 0 Å². The van der Waals surface area contributed by atoms with Gasteiger partial charge in [-0.1, -0.05) is 32.0 Å². The van der Waals surface area contributed by atoms with Crippen molar-refractivity contribution in [3.63, 3.8) is 0 Å². The largest absolute Gasteiger partial charge is 0.448 e. The van der Waals surface area contributed by atoms with E-state index in [0.717, 1.165) is 0 Å². The van der Waals surface area contributed by atoms with Gasteiger partial charge in [0.2, 0.25) is 0 Å². The highest BCUT2D eigenvalue weighted by Crippen LogP contribution is 2.24. The van der Waals surface area contributed by atoms with Gasteiger partial charge in [0.15, 0.2) is 6.10 Å². The lowest BCUT2D eigenvalue weighted by Gasteiger charge is -2.31. The van der Waals surface area contributed by atoms with Crippen molar-refractivity contribution < 1.29 is 24.2 Å². The number of nitrogens with one attached hydrogen (secondary N) is 1. The summed E-state index contributed by atoms with van der Waals surface area (Å²) < 4.78 is 10.6. The van der Waals surface area contributed by atoms with Crippen molar-refractivity contribution in [3.8, 4) is 0 Å². The van der Waals surface area contributed by atoms with Gasteiger partial charge in [0.1, 0.15) is 0 Å². The molecule has 0 spiro atoms. The summed E-state index contributed by atoms with van der Waals surface area (Å²) in [6, 6.07) is 8.46. The second-order valence-electron chi connectivity index (χ2n) is 6.14. The number of aliphatic hydroxyl groups is 1. The Kier molecular flexibility index (Phi) is 8.43. The molecule has 0 aliphatic rings. The zero-order chi connectivity index (χ0) is 18.0. The minimum atomic E-state index is -1.08. The number of hydrogen-bond donors (Lipinski definition) is 2. The Morgan fingerprint density at radius 1 is 1.25 bits per heavy atom. The predicted octanol–water partition coefficient (Wildman–Crippen LogP) is 1.77. The quantitative estimate of drug-likeness (QED) is 0.502. The minimum Gasteiger partial charge on any atom is -0.448 e. The van der Waals surface area contributed by atoms with Crippen molar-refractivity contribution in [3.05, 3.63) is 35.9 Å². The van der Waals surface area contributed by atoms with Crippen molar-refractivity contribution in [2.24, 2.45) is 5.41 Å². The molecular weight excluding hydrogens is 310 g/mol. The number of benzene rings is 1. The first kappa shape index (κ1) is 20.1. The topological polar surface area (TPSA) is 84.9 Å². The summed E-state index contributed by atoms with van der Waals surface area (Å²) in [5.74, 6) is -1.01. The highest BCUT2D eigenvalue weighted by Gasteiger charge is 2.38. The first-order valence-corrected chi connectivity index (χ1v) is 8.14. The van der Waals surface area contributed by atoms with Crippen LogP contribution in [0.2, 0.25) is 0 Å². The average Bonchev–Trinajstić information content (AvgIpc) is 2.59. The van der Waals surface area contributed by atoms with Gasteiger partial charge in [-0.25, -0.2) is 4.79 Å². The van der Waals surface area contributed by atoms with Gasteiger partial charge >= 0.3 is 5.97 Å². The fourth-order valence-electron chi connectivity index (χ4n) is 2.02. The van der Waals surface area contributed by atoms with Crippen molar-refractivity contribution in [2.75, 3.05) is 26.4 Å².